The third kappa shape index (κ3) is 1.48. The minimum atomic E-state index is -0.163. The van der Waals surface area contributed by atoms with E-state index in [0.29, 0.717) is 0 Å². The van der Waals surface area contributed by atoms with Crippen molar-refractivity contribution in [1.29, 1.82) is 5.26 Å². The molecule has 5 nitrogen and oxygen atoms in total. The van der Waals surface area contributed by atoms with Gasteiger partial charge < -0.3 is 0 Å². The molecule has 0 N–H and O–H groups in total. The van der Waals surface area contributed by atoms with Gasteiger partial charge in [-0.15, -0.1) is 5.10 Å². The number of rotatable bonds is 1. The summed E-state index contributed by atoms with van der Waals surface area (Å²) in [5, 5.41) is 12.0. The number of aromatic nitrogens is 3. The molecule has 0 amide bonds. The standard InChI is InChI=1S/C7H8N4O/c1-5(2)7(12)11-4-9-6(3-8)10-11/h4-5H,1-2H3. The summed E-state index contributed by atoms with van der Waals surface area (Å²) in [7, 11) is 0. The molecule has 1 aromatic heterocycles. The molecule has 0 saturated heterocycles. The molecule has 0 unspecified atom stereocenters. The molecule has 0 radical (unpaired) electrons. The summed E-state index contributed by atoms with van der Waals surface area (Å²) in [6.07, 6.45) is 1.25. The zero-order valence-corrected chi connectivity index (χ0v) is 6.85. The van der Waals surface area contributed by atoms with Crippen molar-refractivity contribution in [2.24, 2.45) is 5.92 Å². The Hall–Kier alpha value is -1.70. The van der Waals surface area contributed by atoms with Crippen LogP contribution in [-0.4, -0.2) is 20.7 Å². The fourth-order valence-electron chi connectivity index (χ4n) is 0.685. The van der Waals surface area contributed by atoms with E-state index in [0.717, 1.165) is 4.68 Å². The molecule has 0 fully saturated rings. The van der Waals surface area contributed by atoms with Gasteiger partial charge in [-0.25, -0.2) is 4.98 Å². The molecule has 0 atom stereocenters. The van der Waals surface area contributed by atoms with Gasteiger partial charge in [-0.3, -0.25) is 4.79 Å². The molecule has 1 aromatic rings. The van der Waals surface area contributed by atoms with Gasteiger partial charge in [0.1, 0.15) is 12.4 Å². The van der Waals surface area contributed by atoms with Crippen molar-refractivity contribution in [3.8, 4) is 6.07 Å². The van der Waals surface area contributed by atoms with Gasteiger partial charge in [-0.05, 0) is 0 Å². The highest BCUT2D eigenvalue weighted by atomic mass is 16.2. The lowest BCUT2D eigenvalue weighted by molar-refractivity contribution is 0.0838. The van der Waals surface area contributed by atoms with Crippen LogP contribution in [0.1, 0.15) is 24.5 Å². The summed E-state index contributed by atoms with van der Waals surface area (Å²) in [4.78, 5) is 14.8. The third-order valence-corrected chi connectivity index (χ3v) is 1.31. The SMILES string of the molecule is CC(C)C(=O)n1cnc(C#N)n1. The second kappa shape index (κ2) is 3.13. The summed E-state index contributed by atoms with van der Waals surface area (Å²) in [5.74, 6) is -0.286. The number of nitrogens with zero attached hydrogens (tertiary/aromatic N) is 4. The zero-order valence-electron chi connectivity index (χ0n) is 6.85. The normalized spacial score (nSPS) is 9.83. The van der Waals surface area contributed by atoms with Crippen LogP contribution in [0.15, 0.2) is 6.33 Å². The van der Waals surface area contributed by atoms with E-state index < -0.39 is 0 Å². The highest BCUT2D eigenvalue weighted by molar-refractivity contribution is 5.79. The number of carbonyl (C=O) groups is 1. The molecule has 1 heterocycles. The topological polar surface area (TPSA) is 71.6 Å². The van der Waals surface area contributed by atoms with E-state index in [-0.39, 0.29) is 17.6 Å². The highest BCUT2D eigenvalue weighted by Crippen LogP contribution is 1.97. The molecule has 0 aliphatic carbocycles. The summed E-state index contributed by atoms with van der Waals surface area (Å²) >= 11 is 0. The summed E-state index contributed by atoms with van der Waals surface area (Å²) in [6, 6.07) is 1.75. The maximum atomic E-state index is 11.2. The Labute approximate surface area is 69.6 Å². The van der Waals surface area contributed by atoms with E-state index >= 15 is 0 Å². The van der Waals surface area contributed by atoms with Crippen LogP contribution in [0.2, 0.25) is 0 Å². The first-order chi connectivity index (χ1) is 5.65. The Balaban J connectivity index is 2.91. The van der Waals surface area contributed by atoms with Gasteiger partial charge in [-0.1, -0.05) is 13.8 Å². The Morgan fingerprint density at radius 2 is 2.42 bits per heavy atom. The van der Waals surface area contributed by atoms with E-state index in [1.165, 1.54) is 6.33 Å². The predicted molar refractivity (Wildman–Crippen MR) is 40.2 cm³/mol. The lowest BCUT2D eigenvalue weighted by Crippen LogP contribution is -2.17. The Bertz CT molecular complexity index is 333. The first-order valence-corrected chi connectivity index (χ1v) is 3.51. The van der Waals surface area contributed by atoms with Crippen molar-refractivity contribution in [3.63, 3.8) is 0 Å². The Kier molecular flexibility index (Phi) is 2.19. The summed E-state index contributed by atoms with van der Waals surface area (Å²) in [6.45, 7) is 3.52. The predicted octanol–water partition coefficient (Wildman–Crippen LogP) is 0.446. The van der Waals surface area contributed by atoms with Crippen molar-refractivity contribution in [2.45, 2.75) is 13.8 Å². The maximum Gasteiger partial charge on any atom is 0.252 e. The molecule has 62 valence electrons. The molecule has 1 rings (SSSR count). The van der Waals surface area contributed by atoms with Gasteiger partial charge in [0, 0.05) is 5.92 Å². The number of carbonyl (C=O) groups excluding carboxylic acids is 1. The number of hydrogen-bond acceptors (Lipinski definition) is 4. The van der Waals surface area contributed by atoms with E-state index in [4.69, 9.17) is 5.26 Å². The van der Waals surface area contributed by atoms with Crippen LogP contribution < -0.4 is 0 Å². The van der Waals surface area contributed by atoms with Crippen molar-refractivity contribution in [2.75, 3.05) is 0 Å². The van der Waals surface area contributed by atoms with Gasteiger partial charge in [0.05, 0.1) is 0 Å². The van der Waals surface area contributed by atoms with Crippen molar-refractivity contribution < 1.29 is 4.79 Å². The van der Waals surface area contributed by atoms with Crippen LogP contribution in [0, 0.1) is 17.2 Å². The summed E-state index contributed by atoms with van der Waals surface area (Å²) in [5.41, 5.74) is 0. The average molecular weight is 164 g/mol. The number of nitriles is 1. The van der Waals surface area contributed by atoms with Crippen molar-refractivity contribution in [3.05, 3.63) is 12.2 Å². The first-order valence-electron chi connectivity index (χ1n) is 3.51. The molecule has 0 bridgehead atoms. The van der Waals surface area contributed by atoms with Gasteiger partial charge in [-0.2, -0.15) is 9.94 Å². The minimum Gasteiger partial charge on any atom is -0.272 e. The molecule has 0 aromatic carbocycles. The van der Waals surface area contributed by atoms with Gasteiger partial charge in [0.25, 0.3) is 11.7 Å². The quantitative estimate of drug-likeness (QED) is 0.604. The Morgan fingerprint density at radius 1 is 1.75 bits per heavy atom. The van der Waals surface area contributed by atoms with E-state index in [2.05, 4.69) is 10.1 Å². The second-order valence-corrected chi connectivity index (χ2v) is 2.62. The van der Waals surface area contributed by atoms with Crippen LogP contribution in [0.25, 0.3) is 0 Å². The minimum absolute atomic E-state index is 0.0176. The molecule has 0 aliphatic heterocycles. The molecular formula is C7H8N4O. The number of hydrogen-bond donors (Lipinski definition) is 0. The maximum absolute atomic E-state index is 11.2. The van der Waals surface area contributed by atoms with E-state index in [1.54, 1.807) is 19.9 Å². The molecule has 0 saturated carbocycles. The second-order valence-electron chi connectivity index (χ2n) is 2.62. The summed E-state index contributed by atoms with van der Waals surface area (Å²) < 4.78 is 1.09. The van der Waals surface area contributed by atoms with E-state index in [1.807, 2.05) is 0 Å². The van der Waals surface area contributed by atoms with Crippen LogP contribution in [0.5, 0.6) is 0 Å². The van der Waals surface area contributed by atoms with E-state index in [9.17, 15) is 4.79 Å². The van der Waals surface area contributed by atoms with Crippen LogP contribution in [0.3, 0.4) is 0 Å². The Morgan fingerprint density at radius 3 is 2.83 bits per heavy atom. The van der Waals surface area contributed by atoms with Crippen LogP contribution >= 0.6 is 0 Å². The molecule has 0 aliphatic rings. The first kappa shape index (κ1) is 8.40. The fourth-order valence-corrected chi connectivity index (χ4v) is 0.685. The van der Waals surface area contributed by atoms with Gasteiger partial charge in [0.2, 0.25) is 0 Å². The zero-order chi connectivity index (χ0) is 9.14. The van der Waals surface area contributed by atoms with Crippen molar-refractivity contribution in [1.82, 2.24) is 14.8 Å². The molecule has 0 spiro atoms. The van der Waals surface area contributed by atoms with Crippen LogP contribution in [-0.2, 0) is 0 Å². The average Bonchev–Trinajstić information content (AvgIpc) is 2.50. The molecule has 12 heavy (non-hydrogen) atoms. The van der Waals surface area contributed by atoms with Crippen LogP contribution in [0.4, 0.5) is 0 Å². The smallest absolute Gasteiger partial charge is 0.252 e. The lowest BCUT2D eigenvalue weighted by atomic mass is 10.2. The monoisotopic (exact) mass is 164 g/mol. The highest BCUT2D eigenvalue weighted by Gasteiger charge is 2.11. The van der Waals surface area contributed by atoms with Crippen molar-refractivity contribution >= 4 is 5.91 Å². The largest absolute Gasteiger partial charge is 0.272 e. The van der Waals surface area contributed by atoms with Gasteiger partial charge >= 0.3 is 0 Å². The fraction of sp³-hybridized carbons (Fsp3) is 0.429. The van der Waals surface area contributed by atoms with Gasteiger partial charge in [0.15, 0.2) is 0 Å². The molecular weight excluding hydrogens is 156 g/mol. The lowest BCUT2D eigenvalue weighted by Gasteiger charge is -2.00. The third-order valence-electron chi connectivity index (χ3n) is 1.31. The molecule has 5 heteroatoms.